The van der Waals surface area contributed by atoms with Gasteiger partial charge in [-0.3, -0.25) is 0 Å². The lowest BCUT2D eigenvalue weighted by Crippen LogP contribution is -2.41. The average molecular weight is 297 g/mol. The molecule has 0 aliphatic heterocycles. The molecule has 0 saturated heterocycles. The molecule has 0 aliphatic carbocycles. The van der Waals surface area contributed by atoms with Crippen molar-refractivity contribution >= 4 is 8.32 Å². The van der Waals surface area contributed by atoms with E-state index in [0.29, 0.717) is 11.1 Å². The lowest BCUT2D eigenvalue weighted by Gasteiger charge is -2.33. The van der Waals surface area contributed by atoms with Crippen molar-refractivity contribution < 1.29 is 9.19 Å². The minimum Gasteiger partial charge on any atom is -0.431 e. The monoisotopic (exact) mass is 296 g/mol. The number of aryl methyl sites for hydroxylation is 1. The molecule has 0 unspecified atom stereocenters. The summed E-state index contributed by atoms with van der Waals surface area (Å²) >= 11 is 0. The maximum absolute atomic E-state index is 12.8. The zero-order valence-corrected chi connectivity index (χ0v) is 14.3. The van der Waals surface area contributed by atoms with Crippen LogP contribution >= 0.6 is 0 Å². The van der Waals surface area contributed by atoms with Gasteiger partial charge in [-0.15, -0.1) is 0 Å². The number of halogens is 1. The zero-order chi connectivity index (χ0) is 15.2. The maximum Gasteiger partial charge on any atom is 0.193 e. The Balaban J connectivity index is 2.29. The second-order valence-electron chi connectivity index (χ2n) is 6.49. The van der Waals surface area contributed by atoms with Crippen molar-refractivity contribution in [2.45, 2.75) is 70.5 Å². The molecule has 20 heavy (non-hydrogen) atoms. The first-order valence-electron chi connectivity index (χ1n) is 7.83. The van der Waals surface area contributed by atoms with E-state index in [9.17, 15) is 9.19 Å². The Labute approximate surface area is 124 Å². The maximum atomic E-state index is 12.8. The Morgan fingerprint density at radius 1 is 0.950 bits per heavy atom. The van der Waals surface area contributed by atoms with Crippen molar-refractivity contribution in [1.82, 2.24) is 0 Å². The number of unbranched alkanes of at least 4 members (excludes halogenated alkanes) is 2. The summed E-state index contributed by atoms with van der Waals surface area (Å²) < 4.78 is 12.8. The molecule has 0 aromatic heterocycles. The molecule has 3 heteroatoms. The summed E-state index contributed by atoms with van der Waals surface area (Å²) in [7, 11) is -2.09. The molecule has 0 spiro atoms. The first-order chi connectivity index (χ1) is 9.36. The van der Waals surface area contributed by atoms with Gasteiger partial charge in [0.15, 0.2) is 8.32 Å². The number of hydrogen-bond acceptors (Lipinski definition) is 1. The van der Waals surface area contributed by atoms with E-state index in [0.717, 1.165) is 31.7 Å². The van der Waals surface area contributed by atoms with E-state index in [1.807, 2.05) is 12.1 Å². The molecule has 0 aliphatic rings. The Morgan fingerprint density at radius 3 is 2.00 bits per heavy atom. The van der Waals surface area contributed by atoms with Gasteiger partial charge in [0.1, 0.15) is 5.82 Å². The highest BCUT2D eigenvalue weighted by Gasteiger charge is 2.37. The van der Waals surface area contributed by atoms with Gasteiger partial charge in [0, 0.05) is 0 Å². The highest BCUT2D eigenvalue weighted by atomic mass is 28.4. The van der Waals surface area contributed by atoms with Gasteiger partial charge in [-0.1, -0.05) is 52.7 Å². The molecule has 1 rings (SSSR count). The van der Waals surface area contributed by atoms with Crippen molar-refractivity contribution in [2.75, 3.05) is 0 Å². The van der Waals surface area contributed by atoms with Crippen molar-refractivity contribution in [2.24, 2.45) is 0 Å². The number of hydrogen-bond donors (Lipinski definition) is 1. The molecule has 1 nitrogen and oxygen atoms in total. The molecule has 1 N–H and O–H groups in total. The summed E-state index contributed by atoms with van der Waals surface area (Å²) in [6.07, 6.45) is 4.38. The van der Waals surface area contributed by atoms with E-state index in [1.165, 1.54) is 17.7 Å². The third-order valence-electron chi connectivity index (χ3n) is 4.46. The van der Waals surface area contributed by atoms with Crippen LogP contribution in [0.25, 0.3) is 0 Å². The van der Waals surface area contributed by atoms with E-state index in [2.05, 4.69) is 27.7 Å². The van der Waals surface area contributed by atoms with E-state index in [1.54, 1.807) is 0 Å². The molecule has 1 aromatic rings. The van der Waals surface area contributed by atoms with Crippen LogP contribution < -0.4 is 0 Å². The topological polar surface area (TPSA) is 20.2 Å². The van der Waals surface area contributed by atoms with Crippen LogP contribution in [0.4, 0.5) is 4.39 Å². The lowest BCUT2D eigenvalue weighted by molar-refractivity contribution is 0.483. The van der Waals surface area contributed by atoms with Crippen molar-refractivity contribution in [3.63, 3.8) is 0 Å². The van der Waals surface area contributed by atoms with Gasteiger partial charge in [0.2, 0.25) is 0 Å². The molecule has 0 fully saturated rings. The summed E-state index contributed by atoms with van der Waals surface area (Å²) in [5.74, 6) is -0.168. The molecule has 0 atom stereocenters. The summed E-state index contributed by atoms with van der Waals surface area (Å²) in [6, 6.07) is 7.79. The van der Waals surface area contributed by atoms with Gasteiger partial charge in [-0.2, -0.15) is 0 Å². The Bertz CT molecular complexity index is 378. The summed E-state index contributed by atoms with van der Waals surface area (Å²) in [5.41, 5.74) is 2.06. The van der Waals surface area contributed by atoms with Crippen LogP contribution in [0.5, 0.6) is 0 Å². The van der Waals surface area contributed by atoms with Gasteiger partial charge in [-0.05, 0) is 47.7 Å². The highest BCUT2D eigenvalue weighted by Crippen LogP contribution is 2.34. The van der Waals surface area contributed by atoms with Crippen LogP contribution in [0.1, 0.15) is 52.5 Å². The summed E-state index contributed by atoms with van der Waals surface area (Å²) in [6.45, 7) is 8.63. The van der Waals surface area contributed by atoms with E-state index in [-0.39, 0.29) is 5.82 Å². The first kappa shape index (κ1) is 17.4. The third-order valence-corrected chi connectivity index (χ3v) is 9.61. The van der Waals surface area contributed by atoms with Crippen LogP contribution in [0, 0.1) is 5.82 Å². The van der Waals surface area contributed by atoms with Gasteiger partial charge in [0.05, 0.1) is 0 Å². The molecular weight excluding hydrogens is 267 g/mol. The predicted molar refractivity (Wildman–Crippen MR) is 86.9 cm³/mol. The fourth-order valence-corrected chi connectivity index (χ4v) is 6.11. The summed E-state index contributed by atoms with van der Waals surface area (Å²) in [5, 5.41) is 0. The second kappa shape index (κ2) is 7.94. The van der Waals surface area contributed by atoms with E-state index >= 15 is 0 Å². The Hall–Kier alpha value is -0.673. The highest BCUT2D eigenvalue weighted by molar-refractivity contribution is 6.75. The summed E-state index contributed by atoms with van der Waals surface area (Å²) in [4.78, 5) is 10.8. The standard InChI is InChI=1S/C17H29FOSi/c1-14(2)20(19,15(3)4)13-7-5-6-8-16-9-11-17(18)12-10-16/h9-12,14-15,19H,5-8,13H2,1-4H3. The third kappa shape index (κ3) is 5.02. The molecule has 0 amide bonds. The van der Waals surface area contributed by atoms with Gasteiger partial charge < -0.3 is 4.80 Å². The average Bonchev–Trinajstić information content (AvgIpc) is 2.39. The van der Waals surface area contributed by atoms with Crippen LogP contribution in [0.2, 0.25) is 17.1 Å². The van der Waals surface area contributed by atoms with Crippen LogP contribution in [0.15, 0.2) is 24.3 Å². The van der Waals surface area contributed by atoms with E-state index in [4.69, 9.17) is 0 Å². The number of benzene rings is 1. The predicted octanol–water partition coefficient (Wildman–Crippen LogP) is 5.30. The van der Waals surface area contributed by atoms with Crippen molar-refractivity contribution in [3.8, 4) is 0 Å². The van der Waals surface area contributed by atoms with Crippen LogP contribution in [-0.4, -0.2) is 13.1 Å². The lowest BCUT2D eigenvalue weighted by atomic mass is 10.1. The second-order valence-corrected chi connectivity index (χ2v) is 11.3. The molecule has 0 radical (unpaired) electrons. The molecule has 0 saturated carbocycles. The van der Waals surface area contributed by atoms with Crippen molar-refractivity contribution in [1.29, 1.82) is 0 Å². The fraction of sp³-hybridized carbons (Fsp3) is 0.647. The largest absolute Gasteiger partial charge is 0.431 e. The quantitative estimate of drug-likeness (QED) is 0.510. The minimum absolute atomic E-state index is 0.168. The molecule has 0 heterocycles. The van der Waals surface area contributed by atoms with Gasteiger partial charge in [0.25, 0.3) is 0 Å². The molecule has 114 valence electrons. The van der Waals surface area contributed by atoms with Gasteiger partial charge in [-0.25, -0.2) is 4.39 Å². The minimum atomic E-state index is -2.09. The van der Waals surface area contributed by atoms with Crippen LogP contribution in [-0.2, 0) is 6.42 Å². The zero-order valence-electron chi connectivity index (χ0n) is 13.3. The molecular formula is C17H29FOSi. The molecule has 0 bridgehead atoms. The SMILES string of the molecule is CC(C)[Si](O)(CCCCCc1ccc(F)cc1)C(C)C. The Kier molecular flexibility index (Phi) is 6.90. The molecule has 1 aromatic carbocycles. The number of rotatable bonds is 8. The van der Waals surface area contributed by atoms with Crippen LogP contribution in [0.3, 0.4) is 0 Å². The normalized spacial score (nSPS) is 12.4. The van der Waals surface area contributed by atoms with Crippen molar-refractivity contribution in [3.05, 3.63) is 35.6 Å². The smallest absolute Gasteiger partial charge is 0.193 e. The Morgan fingerprint density at radius 2 is 1.50 bits per heavy atom. The fourth-order valence-electron chi connectivity index (χ4n) is 2.81. The first-order valence-corrected chi connectivity index (χ1v) is 10.1. The van der Waals surface area contributed by atoms with E-state index < -0.39 is 8.32 Å². The van der Waals surface area contributed by atoms with Gasteiger partial charge >= 0.3 is 0 Å².